The largest absolute Gasteiger partial charge is 0.499 e. The Balaban J connectivity index is 0. The minimum atomic E-state index is -0.337. The maximum absolute atomic E-state index is 5.33. The molecule has 0 heterocycles. The van der Waals surface area contributed by atoms with Crippen LogP contribution in [-0.2, 0) is 28.4 Å². The summed E-state index contributed by atoms with van der Waals surface area (Å²) < 4.78 is 31.1. The van der Waals surface area contributed by atoms with Gasteiger partial charge in [-0.3, -0.25) is 0 Å². The van der Waals surface area contributed by atoms with Gasteiger partial charge in [-0.15, -0.1) is 0 Å². The van der Waals surface area contributed by atoms with Gasteiger partial charge in [0.05, 0.1) is 25.7 Å². The Morgan fingerprint density at radius 2 is 1.04 bits per heavy atom. The van der Waals surface area contributed by atoms with Crippen molar-refractivity contribution in [3.63, 3.8) is 0 Å². The van der Waals surface area contributed by atoms with Crippen molar-refractivity contribution in [3.8, 4) is 23.7 Å². The van der Waals surface area contributed by atoms with E-state index >= 15 is 0 Å². The summed E-state index contributed by atoms with van der Waals surface area (Å²) in [5.74, 6) is 10.9. The van der Waals surface area contributed by atoms with Crippen LogP contribution in [0.3, 0.4) is 0 Å². The SMILES string of the molecule is C=CC#CC=C.C=COCCOC(C)OCC#CCOC(C)OCCOC=C. The molecule has 0 aliphatic rings. The molecule has 6 nitrogen and oxygen atoms in total. The molecule has 2 unspecified atom stereocenters. The molecule has 0 aliphatic carbocycles. The highest BCUT2D eigenvalue weighted by Gasteiger charge is 2.01. The van der Waals surface area contributed by atoms with E-state index in [1.807, 2.05) is 0 Å². The van der Waals surface area contributed by atoms with E-state index in [4.69, 9.17) is 28.4 Å². The number of hydrogen-bond donors (Lipinski definition) is 0. The molecule has 0 fully saturated rings. The fourth-order valence-electron chi connectivity index (χ4n) is 1.33. The van der Waals surface area contributed by atoms with Crippen molar-refractivity contribution in [1.82, 2.24) is 0 Å². The number of ether oxygens (including phenoxy) is 6. The van der Waals surface area contributed by atoms with Crippen LogP contribution in [0.2, 0.25) is 0 Å². The summed E-state index contributed by atoms with van der Waals surface area (Å²) in [7, 11) is 0. The van der Waals surface area contributed by atoms with Crippen LogP contribution in [-0.4, -0.2) is 52.2 Å². The van der Waals surface area contributed by atoms with E-state index < -0.39 is 0 Å². The van der Waals surface area contributed by atoms with Gasteiger partial charge < -0.3 is 28.4 Å². The van der Waals surface area contributed by atoms with Crippen molar-refractivity contribution in [2.75, 3.05) is 39.6 Å². The summed E-state index contributed by atoms with van der Waals surface area (Å²) in [5.41, 5.74) is 0. The van der Waals surface area contributed by atoms with Crippen LogP contribution in [0.1, 0.15) is 13.8 Å². The molecule has 0 rings (SSSR count). The van der Waals surface area contributed by atoms with Gasteiger partial charge in [-0.25, -0.2) is 0 Å². The third-order valence-electron chi connectivity index (χ3n) is 2.54. The van der Waals surface area contributed by atoms with E-state index in [1.54, 1.807) is 13.8 Å². The maximum atomic E-state index is 5.33. The lowest BCUT2D eigenvalue weighted by molar-refractivity contribution is -0.129. The molecule has 0 amide bonds. The molecule has 0 aliphatic heterocycles. The van der Waals surface area contributed by atoms with Gasteiger partial charge in [0.15, 0.2) is 12.6 Å². The number of hydrogen-bond acceptors (Lipinski definition) is 6. The van der Waals surface area contributed by atoms with Crippen LogP contribution >= 0.6 is 0 Å². The molecule has 0 saturated carbocycles. The van der Waals surface area contributed by atoms with E-state index in [1.165, 1.54) is 24.7 Å². The zero-order valence-corrected chi connectivity index (χ0v) is 17.0. The van der Waals surface area contributed by atoms with Crippen LogP contribution in [0.5, 0.6) is 0 Å². The van der Waals surface area contributed by atoms with Crippen molar-refractivity contribution < 1.29 is 28.4 Å². The van der Waals surface area contributed by atoms with Crippen LogP contribution in [0.4, 0.5) is 0 Å². The fourth-order valence-corrected chi connectivity index (χ4v) is 1.33. The molecule has 156 valence electrons. The van der Waals surface area contributed by atoms with Gasteiger partial charge in [0.2, 0.25) is 0 Å². The second-order valence-corrected chi connectivity index (χ2v) is 4.62. The summed E-state index contributed by atoms with van der Waals surface area (Å²) in [6.07, 6.45) is 5.13. The average Bonchev–Trinajstić information content (AvgIpc) is 2.70. The molecule has 0 radical (unpaired) electrons. The monoisotopic (exact) mass is 392 g/mol. The van der Waals surface area contributed by atoms with Gasteiger partial charge in [0.1, 0.15) is 26.4 Å². The average molecular weight is 392 g/mol. The van der Waals surface area contributed by atoms with E-state index in [0.717, 1.165) is 0 Å². The Morgan fingerprint density at radius 3 is 1.36 bits per heavy atom. The van der Waals surface area contributed by atoms with Gasteiger partial charge >= 0.3 is 0 Å². The van der Waals surface area contributed by atoms with Crippen LogP contribution < -0.4 is 0 Å². The summed E-state index contributed by atoms with van der Waals surface area (Å²) in [6.45, 7) is 19.5. The van der Waals surface area contributed by atoms with Crippen molar-refractivity contribution in [2.45, 2.75) is 26.4 Å². The van der Waals surface area contributed by atoms with Crippen LogP contribution in [0.15, 0.2) is 51.0 Å². The molecular formula is C22H32O6. The van der Waals surface area contributed by atoms with Crippen molar-refractivity contribution >= 4 is 0 Å². The zero-order valence-electron chi connectivity index (χ0n) is 17.0. The molecule has 28 heavy (non-hydrogen) atoms. The van der Waals surface area contributed by atoms with Crippen molar-refractivity contribution in [1.29, 1.82) is 0 Å². The highest BCUT2D eigenvalue weighted by molar-refractivity contribution is 5.19. The van der Waals surface area contributed by atoms with Crippen molar-refractivity contribution in [2.24, 2.45) is 0 Å². The van der Waals surface area contributed by atoms with Crippen molar-refractivity contribution in [3.05, 3.63) is 51.0 Å². The van der Waals surface area contributed by atoms with Crippen LogP contribution in [0, 0.1) is 23.7 Å². The first-order chi connectivity index (χ1) is 13.6. The third kappa shape index (κ3) is 25.8. The first-order valence-corrected chi connectivity index (χ1v) is 8.72. The molecule has 0 spiro atoms. The third-order valence-corrected chi connectivity index (χ3v) is 2.54. The lowest BCUT2D eigenvalue weighted by atomic mass is 10.5. The molecule has 2 atom stereocenters. The van der Waals surface area contributed by atoms with Crippen LogP contribution in [0.25, 0.3) is 0 Å². The molecule has 0 saturated heterocycles. The number of allylic oxidation sites excluding steroid dienone is 2. The number of rotatable bonds is 14. The molecule has 0 aromatic heterocycles. The summed E-state index contributed by atoms with van der Waals surface area (Å²) >= 11 is 0. The van der Waals surface area contributed by atoms with E-state index in [2.05, 4.69) is 50.0 Å². The Bertz CT molecular complexity index is 479. The predicted octanol–water partition coefficient (Wildman–Crippen LogP) is 3.43. The normalized spacial score (nSPS) is 10.9. The second kappa shape index (κ2) is 24.5. The first kappa shape index (κ1) is 27.7. The predicted molar refractivity (Wildman–Crippen MR) is 111 cm³/mol. The maximum Gasteiger partial charge on any atom is 0.156 e. The van der Waals surface area contributed by atoms with Gasteiger partial charge in [0, 0.05) is 0 Å². The Hall–Kier alpha value is -2.48. The van der Waals surface area contributed by atoms with E-state index in [-0.39, 0.29) is 25.8 Å². The van der Waals surface area contributed by atoms with Gasteiger partial charge in [0.25, 0.3) is 0 Å². The van der Waals surface area contributed by atoms with Gasteiger partial charge in [-0.05, 0) is 26.0 Å². The molecular weight excluding hydrogens is 360 g/mol. The fraction of sp³-hybridized carbons (Fsp3) is 0.455. The topological polar surface area (TPSA) is 55.4 Å². The van der Waals surface area contributed by atoms with E-state index in [0.29, 0.717) is 26.4 Å². The summed E-state index contributed by atoms with van der Waals surface area (Å²) in [5, 5.41) is 0. The minimum Gasteiger partial charge on any atom is -0.499 e. The Morgan fingerprint density at radius 1 is 0.643 bits per heavy atom. The van der Waals surface area contributed by atoms with E-state index in [9.17, 15) is 0 Å². The molecule has 0 aromatic rings. The second-order valence-electron chi connectivity index (χ2n) is 4.62. The lowest BCUT2D eigenvalue weighted by Crippen LogP contribution is -2.16. The minimum absolute atomic E-state index is 0.273. The summed E-state index contributed by atoms with van der Waals surface area (Å²) in [6, 6.07) is 0. The Kier molecular flexibility index (Phi) is 24.3. The highest BCUT2D eigenvalue weighted by Crippen LogP contribution is 1.94. The van der Waals surface area contributed by atoms with Gasteiger partial charge in [-0.1, -0.05) is 50.0 Å². The molecule has 0 bridgehead atoms. The Labute approximate surface area is 169 Å². The molecule has 6 heteroatoms. The zero-order chi connectivity index (χ0) is 21.3. The highest BCUT2D eigenvalue weighted by atomic mass is 16.7. The molecule has 0 N–H and O–H groups in total. The van der Waals surface area contributed by atoms with Gasteiger partial charge in [-0.2, -0.15) is 0 Å². The summed E-state index contributed by atoms with van der Waals surface area (Å²) in [4.78, 5) is 0. The first-order valence-electron chi connectivity index (χ1n) is 8.72. The lowest BCUT2D eigenvalue weighted by Gasteiger charge is -2.12. The quantitative estimate of drug-likeness (QED) is 0.195. The standard InChI is InChI=1S/C16H26O6.C6H6/c1-5-17-11-13-21-15(3)19-9-7-8-10-20-16(4)22-14-12-18-6-2;1-3-5-6-4-2/h5-6,15-16H,1-2,9-14H2,3-4H3;3-4H,1-2H2. The molecule has 0 aromatic carbocycles. The smallest absolute Gasteiger partial charge is 0.156 e.